The maximum absolute atomic E-state index is 5.49. The molecule has 0 aliphatic heterocycles. The average molecular weight is 882 g/mol. The second kappa shape index (κ2) is 15.6. The Morgan fingerprint density at radius 3 is 2.00 bits per heavy atom. The molecule has 0 radical (unpaired) electrons. The van der Waals surface area contributed by atoms with Crippen molar-refractivity contribution < 1.29 is 0 Å². The van der Waals surface area contributed by atoms with E-state index < -0.39 is 5.41 Å². The van der Waals surface area contributed by atoms with Crippen LogP contribution in [0.4, 0.5) is 0 Å². The predicted molar refractivity (Wildman–Crippen MR) is 287 cm³/mol. The minimum Gasteiger partial charge on any atom is -0.291 e. The lowest BCUT2D eigenvalue weighted by molar-refractivity contribution is 0.595. The largest absolute Gasteiger partial charge is 0.291 e. The first kappa shape index (κ1) is 39.7. The van der Waals surface area contributed by atoms with Crippen molar-refractivity contribution in [2.24, 2.45) is 5.92 Å². The van der Waals surface area contributed by atoms with Gasteiger partial charge in [0, 0.05) is 16.2 Å². The summed E-state index contributed by atoms with van der Waals surface area (Å²) in [5, 5.41) is 3.56. The van der Waals surface area contributed by atoms with Crippen molar-refractivity contribution in [3.8, 4) is 44.5 Å². The van der Waals surface area contributed by atoms with Crippen LogP contribution in [0.15, 0.2) is 224 Å². The predicted octanol–water partition coefficient (Wildman–Crippen LogP) is 16.5. The summed E-state index contributed by atoms with van der Waals surface area (Å²) >= 11 is 0. The molecule has 3 aromatic heterocycles. The number of hydrogen-bond acceptors (Lipinski definition) is 2. The van der Waals surface area contributed by atoms with Gasteiger partial charge in [-0.05, 0) is 140 Å². The van der Waals surface area contributed by atoms with Gasteiger partial charge in [-0.25, -0.2) is 9.97 Å². The average Bonchev–Trinajstić information content (AvgIpc) is 4.03. The van der Waals surface area contributed by atoms with Crippen LogP contribution < -0.4 is 0 Å². The zero-order valence-electron chi connectivity index (χ0n) is 38.4. The molecule has 0 saturated heterocycles. The van der Waals surface area contributed by atoms with Gasteiger partial charge in [-0.15, -0.1) is 0 Å². The van der Waals surface area contributed by atoms with Crippen LogP contribution in [0.25, 0.3) is 93.9 Å². The van der Waals surface area contributed by atoms with Crippen LogP contribution in [-0.4, -0.2) is 14.4 Å². The van der Waals surface area contributed by atoms with E-state index in [9.17, 15) is 0 Å². The number of aryl methyl sites for hydroxylation is 2. The molecule has 14 rings (SSSR count). The highest BCUT2D eigenvalue weighted by Crippen LogP contribution is 2.56. The topological polar surface area (TPSA) is 30.2 Å². The van der Waals surface area contributed by atoms with Crippen LogP contribution in [0, 0.1) is 12.8 Å². The smallest absolute Gasteiger partial charge is 0.165 e. The first-order valence-corrected chi connectivity index (χ1v) is 24.4. The summed E-state index contributed by atoms with van der Waals surface area (Å²) in [5.41, 5.74) is 23.4. The van der Waals surface area contributed by atoms with Crippen molar-refractivity contribution >= 4 is 49.4 Å². The molecule has 1 unspecified atom stereocenters. The summed E-state index contributed by atoms with van der Waals surface area (Å²) in [5.74, 6) is 0.562. The highest BCUT2D eigenvalue weighted by molar-refractivity contribution is 6.22. The SMILES string of the molecule is Cc1ccccc1-c1ccc(-c2ccc3nc4c5cccc6c7cc(-c8ccc9c(c8)-c8ccccc8C9(c8ccccc8)c8ccccc8)ccc7n(c4nc3c2)c65)cc1CCC1C=CC=CC1. The molecule has 1 atom stereocenters. The van der Waals surface area contributed by atoms with E-state index in [-0.39, 0.29) is 0 Å². The van der Waals surface area contributed by atoms with Crippen LogP contribution in [-0.2, 0) is 11.8 Å². The number of allylic oxidation sites excluding steroid dienone is 4. The molecular formula is C66H47N3. The van der Waals surface area contributed by atoms with Gasteiger partial charge in [-0.2, -0.15) is 0 Å². The van der Waals surface area contributed by atoms with Gasteiger partial charge in [-0.1, -0.05) is 194 Å². The summed E-state index contributed by atoms with van der Waals surface area (Å²) in [6.07, 6.45) is 12.3. The van der Waals surface area contributed by atoms with E-state index in [0.717, 1.165) is 57.9 Å². The maximum Gasteiger partial charge on any atom is 0.165 e. The zero-order valence-corrected chi connectivity index (χ0v) is 38.4. The lowest BCUT2D eigenvalue weighted by Gasteiger charge is -2.33. The first-order chi connectivity index (χ1) is 34.1. The fourth-order valence-corrected chi connectivity index (χ4v) is 12.2. The molecule has 0 saturated carbocycles. The van der Waals surface area contributed by atoms with E-state index >= 15 is 0 Å². The molecular weight excluding hydrogens is 835 g/mol. The maximum atomic E-state index is 5.49. The third-order valence-corrected chi connectivity index (χ3v) is 15.4. The summed E-state index contributed by atoms with van der Waals surface area (Å²) in [6.45, 7) is 2.22. The molecule has 3 nitrogen and oxygen atoms in total. The van der Waals surface area contributed by atoms with Crippen molar-refractivity contribution in [2.75, 3.05) is 0 Å². The summed E-state index contributed by atoms with van der Waals surface area (Å²) in [6, 6.07) is 74.2. The van der Waals surface area contributed by atoms with Crippen molar-refractivity contribution in [1.82, 2.24) is 14.4 Å². The molecule has 0 bridgehead atoms. The molecule has 0 spiro atoms. The fourth-order valence-electron chi connectivity index (χ4n) is 12.2. The number of aromatic nitrogens is 3. The molecule has 3 heteroatoms. The van der Waals surface area contributed by atoms with E-state index in [1.807, 2.05) is 0 Å². The summed E-state index contributed by atoms with van der Waals surface area (Å²) in [4.78, 5) is 10.8. The summed E-state index contributed by atoms with van der Waals surface area (Å²) in [7, 11) is 0. The molecule has 2 aliphatic rings. The third kappa shape index (κ3) is 6.06. The molecule has 0 N–H and O–H groups in total. The van der Waals surface area contributed by atoms with Crippen LogP contribution in [0.3, 0.4) is 0 Å². The molecule has 0 amide bonds. The molecule has 3 heterocycles. The van der Waals surface area contributed by atoms with Crippen LogP contribution >= 0.6 is 0 Å². The van der Waals surface area contributed by atoms with Crippen molar-refractivity contribution in [2.45, 2.75) is 31.6 Å². The van der Waals surface area contributed by atoms with Gasteiger partial charge in [0.25, 0.3) is 0 Å². The van der Waals surface area contributed by atoms with Crippen LogP contribution in [0.2, 0.25) is 0 Å². The van der Waals surface area contributed by atoms with E-state index in [4.69, 9.17) is 9.97 Å². The minimum atomic E-state index is -0.420. The monoisotopic (exact) mass is 881 g/mol. The van der Waals surface area contributed by atoms with Gasteiger partial charge < -0.3 is 0 Å². The Morgan fingerprint density at radius 1 is 0.507 bits per heavy atom. The Balaban J connectivity index is 0.880. The van der Waals surface area contributed by atoms with Crippen LogP contribution in [0.5, 0.6) is 0 Å². The highest BCUT2D eigenvalue weighted by Gasteiger charge is 2.46. The molecule has 326 valence electrons. The number of fused-ring (bicyclic) bond motifs is 10. The number of rotatable bonds is 8. The van der Waals surface area contributed by atoms with Gasteiger partial charge in [0.05, 0.1) is 27.5 Å². The quantitative estimate of drug-likeness (QED) is 0.152. The Bertz CT molecular complexity index is 4020. The van der Waals surface area contributed by atoms with E-state index in [2.05, 4.69) is 236 Å². The van der Waals surface area contributed by atoms with Gasteiger partial charge in [0.2, 0.25) is 0 Å². The van der Waals surface area contributed by atoms with E-state index in [0.29, 0.717) is 5.92 Å². The minimum absolute atomic E-state index is 0.420. The van der Waals surface area contributed by atoms with E-state index in [1.165, 1.54) is 88.6 Å². The van der Waals surface area contributed by atoms with Gasteiger partial charge in [0.15, 0.2) is 5.65 Å². The zero-order chi connectivity index (χ0) is 45.6. The molecule has 2 aliphatic carbocycles. The Hall–Kier alpha value is -8.40. The Morgan fingerprint density at radius 2 is 1.19 bits per heavy atom. The van der Waals surface area contributed by atoms with Crippen molar-refractivity contribution in [3.63, 3.8) is 0 Å². The van der Waals surface area contributed by atoms with Gasteiger partial charge in [0.1, 0.15) is 5.52 Å². The van der Waals surface area contributed by atoms with Crippen molar-refractivity contribution in [1.29, 1.82) is 0 Å². The standard InChI is InChI=1S/C66H47N3/c1-42-16-11-12-23-51(42)52-34-30-44(38-48(52)29-28-43-17-5-2-6-18-43)47-32-36-60-61(41-47)68-65-63(67-60)55-26-15-25-54-57-40-46(33-37-62(57)69(65)64(54)55)45-31-35-59-56(39-45)53-24-13-14-27-58(53)66(59,49-19-7-3-8-20-49)50-21-9-4-10-22-50/h2-17,19-27,30-41,43H,18,28-29H2,1H3. The van der Waals surface area contributed by atoms with E-state index in [1.54, 1.807) is 0 Å². The normalized spacial score (nSPS) is 14.9. The molecule has 69 heavy (non-hydrogen) atoms. The van der Waals surface area contributed by atoms with Crippen LogP contribution in [0.1, 0.15) is 46.2 Å². The molecule has 12 aromatic rings. The Kier molecular flexibility index (Phi) is 8.97. The first-order valence-electron chi connectivity index (χ1n) is 24.4. The highest BCUT2D eigenvalue weighted by atomic mass is 15.0. The second-order valence-corrected chi connectivity index (χ2v) is 19.2. The lowest BCUT2D eigenvalue weighted by Crippen LogP contribution is -2.28. The van der Waals surface area contributed by atoms with Crippen molar-refractivity contribution in [3.05, 3.63) is 258 Å². The Labute approximate surface area is 401 Å². The van der Waals surface area contributed by atoms with Gasteiger partial charge in [-0.3, -0.25) is 4.40 Å². The molecule has 0 fully saturated rings. The molecule has 9 aromatic carbocycles. The third-order valence-electron chi connectivity index (χ3n) is 15.4. The van der Waals surface area contributed by atoms with Gasteiger partial charge >= 0.3 is 0 Å². The lowest BCUT2D eigenvalue weighted by atomic mass is 9.67. The number of para-hydroxylation sites is 1. The fraction of sp³-hybridized carbons (Fsp3) is 0.0909. The summed E-state index contributed by atoms with van der Waals surface area (Å²) < 4.78 is 2.36. The number of hydrogen-bond donors (Lipinski definition) is 0. The number of benzene rings is 9. The second-order valence-electron chi connectivity index (χ2n) is 19.2. The number of nitrogens with zero attached hydrogens (tertiary/aromatic N) is 3.